The predicted octanol–water partition coefficient (Wildman–Crippen LogP) is -0.963. The number of amides is 2. The molecule has 0 aliphatic rings. The number of hydrogen-bond donors (Lipinski definition) is 2. The maximum atomic E-state index is 10.1. The van der Waals surface area contributed by atoms with Gasteiger partial charge in [-0.15, -0.1) is 0 Å². The highest BCUT2D eigenvalue weighted by atomic mass is 17.3. The van der Waals surface area contributed by atoms with E-state index in [2.05, 4.69) is 9.98 Å². The molecule has 58 valence electrons. The van der Waals surface area contributed by atoms with Crippen LogP contribution < -0.4 is 11.0 Å². The number of rotatable bonds is 3. The Labute approximate surface area is 57.3 Å². The molecule has 0 atom stereocenters. The second-order valence-corrected chi connectivity index (χ2v) is 1.48. The number of carbonyl (C=O) groups excluding carboxylic acids is 2. The number of hydrogen-bond acceptors (Lipinski definition) is 4. The van der Waals surface area contributed by atoms with Crippen LogP contribution in [0.2, 0.25) is 0 Å². The van der Waals surface area contributed by atoms with Crippen LogP contribution in [0.5, 0.6) is 0 Å². The van der Waals surface area contributed by atoms with Gasteiger partial charge in [-0.1, -0.05) is 9.98 Å². The van der Waals surface area contributed by atoms with E-state index in [0.29, 0.717) is 0 Å². The second kappa shape index (κ2) is 4.71. The van der Waals surface area contributed by atoms with E-state index in [9.17, 15) is 9.59 Å². The molecule has 0 bridgehead atoms. The van der Waals surface area contributed by atoms with Crippen molar-refractivity contribution in [1.29, 1.82) is 0 Å². The van der Waals surface area contributed by atoms with Gasteiger partial charge in [-0.3, -0.25) is 9.59 Å². The van der Waals surface area contributed by atoms with E-state index in [1.54, 1.807) is 0 Å². The number of carbonyl (C=O) groups is 2. The summed E-state index contributed by atoms with van der Waals surface area (Å²) in [5.74, 6) is -0.851. The van der Waals surface area contributed by atoms with Crippen LogP contribution in [-0.2, 0) is 19.6 Å². The number of nitrogens with one attached hydrogen (secondary N) is 2. The van der Waals surface area contributed by atoms with Crippen LogP contribution in [-0.4, -0.2) is 11.8 Å². The summed E-state index contributed by atoms with van der Waals surface area (Å²) in [6, 6.07) is 0. The van der Waals surface area contributed by atoms with Gasteiger partial charge in [0.25, 0.3) is 0 Å². The first-order valence-electron chi connectivity index (χ1n) is 2.48. The molecule has 2 amide bonds. The highest BCUT2D eigenvalue weighted by Crippen LogP contribution is 1.67. The fourth-order valence-electron chi connectivity index (χ4n) is 0.159. The van der Waals surface area contributed by atoms with Gasteiger partial charge >= 0.3 is 0 Å². The summed E-state index contributed by atoms with van der Waals surface area (Å²) in [6.45, 7) is 2.47. The van der Waals surface area contributed by atoms with E-state index in [1.165, 1.54) is 13.8 Å². The molecule has 0 fully saturated rings. The first-order chi connectivity index (χ1) is 4.63. The Balaban J connectivity index is 3.06. The Bertz CT molecular complexity index is 119. The summed E-state index contributed by atoms with van der Waals surface area (Å²) < 4.78 is 0. The smallest absolute Gasteiger partial charge is 0.242 e. The monoisotopic (exact) mass is 148 g/mol. The summed E-state index contributed by atoms with van der Waals surface area (Å²) >= 11 is 0. The minimum Gasteiger partial charge on any atom is -0.273 e. The first-order valence-corrected chi connectivity index (χ1v) is 2.48. The van der Waals surface area contributed by atoms with Gasteiger partial charge in [0.05, 0.1) is 0 Å². The molecule has 0 heterocycles. The summed E-state index contributed by atoms with van der Waals surface area (Å²) in [6.07, 6.45) is 0. The Morgan fingerprint density at radius 3 is 1.50 bits per heavy atom. The third-order valence-electron chi connectivity index (χ3n) is 0.412. The molecule has 0 aromatic carbocycles. The maximum Gasteiger partial charge on any atom is 0.242 e. The first kappa shape index (κ1) is 8.86. The quantitative estimate of drug-likeness (QED) is 0.307. The van der Waals surface area contributed by atoms with Crippen molar-refractivity contribution in [2.24, 2.45) is 0 Å². The topological polar surface area (TPSA) is 76.7 Å². The van der Waals surface area contributed by atoms with Crippen LogP contribution >= 0.6 is 0 Å². The summed E-state index contributed by atoms with van der Waals surface area (Å²) in [4.78, 5) is 28.1. The fraction of sp³-hybridized carbons (Fsp3) is 0.500. The summed E-state index contributed by atoms with van der Waals surface area (Å²) in [5, 5.41) is 0. The van der Waals surface area contributed by atoms with Crippen molar-refractivity contribution in [3.05, 3.63) is 0 Å². The lowest BCUT2D eigenvalue weighted by Crippen LogP contribution is -2.28. The van der Waals surface area contributed by atoms with Crippen molar-refractivity contribution in [3.63, 3.8) is 0 Å². The molecule has 0 spiro atoms. The van der Waals surface area contributed by atoms with Gasteiger partial charge in [-0.05, 0) is 0 Å². The lowest BCUT2D eigenvalue weighted by atomic mass is 10.8. The molecule has 0 radical (unpaired) electrons. The fourth-order valence-corrected chi connectivity index (χ4v) is 0.159. The van der Waals surface area contributed by atoms with Crippen LogP contribution in [0.25, 0.3) is 0 Å². The molecule has 6 nitrogen and oxygen atoms in total. The van der Waals surface area contributed by atoms with Crippen LogP contribution in [0.3, 0.4) is 0 Å². The van der Waals surface area contributed by atoms with Gasteiger partial charge in [-0.2, -0.15) is 0 Å². The lowest BCUT2D eigenvalue weighted by molar-refractivity contribution is -0.358. The Morgan fingerprint density at radius 2 is 1.30 bits per heavy atom. The molecule has 0 aromatic rings. The minimum atomic E-state index is -0.426. The average molecular weight is 148 g/mol. The Kier molecular flexibility index (Phi) is 4.17. The van der Waals surface area contributed by atoms with Gasteiger partial charge in [0.2, 0.25) is 11.8 Å². The largest absolute Gasteiger partial charge is 0.273 e. The second-order valence-electron chi connectivity index (χ2n) is 1.48. The van der Waals surface area contributed by atoms with Crippen molar-refractivity contribution in [1.82, 2.24) is 11.0 Å². The van der Waals surface area contributed by atoms with Gasteiger partial charge < -0.3 is 0 Å². The summed E-state index contributed by atoms with van der Waals surface area (Å²) in [5.41, 5.74) is 3.65. The third kappa shape index (κ3) is 6.86. The van der Waals surface area contributed by atoms with Crippen LogP contribution in [0.15, 0.2) is 0 Å². The molecule has 10 heavy (non-hydrogen) atoms. The minimum absolute atomic E-state index is 0.426. The van der Waals surface area contributed by atoms with E-state index < -0.39 is 11.8 Å². The van der Waals surface area contributed by atoms with Crippen molar-refractivity contribution < 1.29 is 19.6 Å². The molecule has 0 saturated carbocycles. The molecule has 6 heteroatoms. The van der Waals surface area contributed by atoms with E-state index in [4.69, 9.17) is 0 Å². The molecular formula is C4H8N2O4. The standard InChI is InChI=1S/C4H8N2O4/c1-3(7)5-9-10-6-4(2)8/h1-2H3,(H,5,7)(H,6,8). The van der Waals surface area contributed by atoms with E-state index in [1.807, 2.05) is 11.0 Å². The predicted molar refractivity (Wildman–Crippen MR) is 29.8 cm³/mol. The lowest BCUT2D eigenvalue weighted by Gasteiger charge is -1.99. The highest BCUT2D eigenvalue weighted by molar-refractivity contribution is 5.72. The van der Waals surface area contributed by atoms with Crippen molar-refractivity contribution in [2.45, 2.75) is 13.8 Å². The molecule has 0 aliphatic heterocycles. The van der Waals surface area contributed by atoms with E-state index >= 15 is 0 Å². The normalized spacial score (nSPS) is 8.60. The molecule has 0 unspecified atom stereocenters. The zero-order valence-electron chi connectivity index (χ0n) is 5.63. The molecule has 0 aromatic heterocycles. The van der Waals surface area contributed by atoms with Gasteiger partial charge in [0.1, 0.15) is 0 Å². The molecule has 0 saturated heterocycles. The zero-order chi connectivity index (χ0) is 7.98. The Morgan fingerprint density at radius 1 is 1.00 bits per heavy atom. The highest BCUT2D eigenvalue weighted by Gasteiger charge is 1.91. The van der Waals surface area contributed by atoms with E-state index in [-0.39, 0.29) is 0 Å². The third-order valence-corrected chi connectivity index (χ3v) is 0.412. The van der Waals surface area contributed by atoms with Gasteiger partial charge in [0.15, 0.2) is 0 Å². The van der Waals surface area contributed by atoms with Crippen molar-refractivity contribution in [2.75, 3.05) is 0 Å². The van der Waals surface area contributed by atoms with Crippen LogP contribution in [0, 0.1) is 0 Å². The molecule has 0 rings (SSSR count). The van der Waals surface area contributed by atoms with Crippen molar-refractivity contribution in [3.8, 4) is 0 Å². The van der Waals surface area contributed by atoms with Gasteiger partial charge in [0, 0.05) is 13.8 Å². The molecule has 2 N–H and O–H groups in total. The van der Waals surface area contributed by atoms with Crippen molar-refractivity contribution >= 4 is 11.8 Å². The van der Waals surface area contributed by atoms with Crippen LogP contribution in [0.4, 0.5) is 0 Å². The van der Waals surface area contributed by atoms with E-state index in [0.717, 1.165) is 0 Å². The molecular weight excluding hydrogens is 140 g/mol. The zero-order valence-corrected chi connectivity index (χ0v) is 5.63. The Hall–Kier alpha value is -1.14. The van der Waals surface area contributed by atoms with Gasteiger partial charge in [-0.25, -0.2) is 11.0 Å². The molecule has 0 aliphatic carbocycles. The maximum absolute atomic E-state index is 10.1. The number of hydroxylamine groups is 2. The summed E-state index contributed by atoms with van der Waals surface area (Å²) in [7, 11) is 0. The average Bonchev–Trinajstić information content (AvgIpc) is 1.79. The van der Waals surface area contributed by atoms with Crippen LogP contribution in [0.1, 0.15) is 13.8 Å². The SMILES string of the molecule is CC(=O)NOONC(C)=O.